The van der Waals surface area contributed by atoms with E-state index in [0.717, 1.165) is 12.8 Å². The predicted octanol–water partition coefficient (Wildman–Crippen LogP) is 0.500. The second kappa shape index (κ2) is 12.6. The van der Waals surface area contributed by atoms with Crippen molar-refractivity contribution in [2.45, 2.75) is 19.3 Å². The van der Waals surface area contributed by atoms with Gasteiger partial charge in [-0.3, -0.25) is 4.79 Å². The molecule has 7 heteroatoms. The molecule has 0 spiro atoms. The summed E-state index contributed by atoms with van der Waals surface area (Å²) in [7, 11) is 1.31. The number of amides is 2. The molecule has 1 saturated carbocycles. The third-order valence-electron chi connectivity index (χ3n) is 2.55. The zero-order valence-electron chi connectivity index (χ0n) is 12.3. The van der Waals surface area contributed by atoms with E-state index in [-0.39, 0.29) is 5.91 Å². The second-order valence-electron chi connectivity index (χ2n) is 4.13. The SMILES string of the molecule is COC(=O)NC/C=C/N.N/C=C/CNC(=O)C=C1CCC1. The van der Waals surface area contributed by atoms with E-state index in [0.29, 0.717) is 13.1 Å². The number of nitrogens with two attached hydrogens (primary N) is 2. The minimum atomic E-state index is -0.451. The molecule has 0 aromatic carbocycles. The van der Waals surface area contributed by atoms with Crippen LogP contribution < -0.4 is 22.1 Å². The number of rotatable bonds is 5. The summed E-state index contributed by atoms with van der Waals surface area (Å²) in [4.78, 5) is 21.3. The molecule has 7 nitrogen and oxygen atoms in total. The Morgan fingerprint density at radius 2 is 1.71 bits per heavy atom. The maximum Gasteiger partial charge on any atom is 0.407 e. The fourth-order valence-electron chi connectivity index (χ4n) is 1.27. The van der Waals surface area contributed by atoms with Gasteiger partial charge in [0.05, 0.1) is 7.11 Å². The molecule has 0 unspecified atom stereocenters. The van der Waals surface area contributed by atoms with Crippen molar-refractivity contribution in [2.75, 3.05) is 20.2 Å². The number of alkyl carbamates (subject to hydrolysis) is 1. The van der Waals surface area contributed by atoms with Gasteiger partial charge in [-0.15, -0.1) is 0 Å². The molecule has 0 heterocycles. The van der Waals surface area contributed by atoms with E-state index in [2.05, 4.69) is 15.4 Å². The first kappa shape index (κ1) is 18.6. The quantitative estimate of drug-likeness (QED) is 0.551. The Balaban J connectivity index is 0.000000400. The molecule has 0 bridgehead atoms. The van der Waals surface area contributed by atoms with Crippen LogP contribution in [0.15, 0.2) is 36.2 Å². The first-order valence-corrected chi connectivity index (χ1v) is 6.66. The van der Waals surface area contributed by atoms with Crippen LogP contribution in [0.1, 0.15) is 19.3 Å². The molecule has 118 valence electrons. The maximum absolute atomic E-state index is 11.1. The molecule has 1 aliphatic rings. The third kappa shape index (κ3) is 11.1. The van der Waals surface area contributed by atoms with Crippen molar-refractivity contribution in [3.8, 4) is 0 Å². The second-order valence-corrected chi connectivity index (χ2v) is 4.13. The van der Waals surface area contributed by atoms with Crippen molar-refractivity contribution in [2.24, 2.45) is 11.5 Å². The zero-order valence-corrected chi connectivity index (χ0v) is 12.3. The highest BCUT2D eigenvalue weighted by atomic mass is 16.5. The van der Waals surface area contributed by atoms with Crippen LogP contribution >= 0.6 is 0 Å². The number of hydrogen-bond donors (Lipinski definition) is 4. The average molecular weight is 296 g/mol. The van der Waals surface area contributed by atoms with Crippen LogP contribution in [-0.2, 0) is 9.53 Å². The number of nitrogens with one attached hydrogen (secondary N) is 2. The lowest BCUT2D eigenvalue weighted by Gasteiger charge is -2.15. The largest absolute Gasteiger partial charge is 0.453 e. The summed E-state index contributed by atoms with van der Waals surface area (Å²) in [5.74, 6) is -0.0113. The van der Waals surface area contributed by atoms with Crippen molar-refractivity contribution < 1.29 is 14.3 Å². The third-order valence-corrected chi connectivity index (χ3v) is 2.55. The van der Waals surface area contributed by atoms with E-state index >= 15 is 0 Å². The van der Waals surface area contributed by atoms with Crippen LogP contribution in [0, 0.1) is 0 Å². The van der Waals surface area contributed by atoms with Crippen molar-refractivity contribution in [3.05, 3.63) is 36.2 Å². The van der Waals surface area contributed by atoms with E-state index in [1.54, 1.807) is 18.2 Å². The van der Waals surface area contributed by atoms with Crippen LogP contribution in [-0.4, -0.2) is 32.2 Å². The number of hydrogen-bond acceptors (Lipinski definition) is 5. The Labute approximate surface area is 125 Å². The molecule has 6 N–H and O–H groups in total. The molecule has 1 fully saturated rings. The molecular weight excluding hydrogens is 272 g/mol. The Kier molecular flexibility index (Phi) is 11.1. The van der Waals surface area contributed by atoms with Crippen LogP contribution in [0.25, 0.3) is 0 Å². The highest BCUT2D eigenvalue weighted by molar-refractivity contribution is 5.88. The number of ether oxygens (including phenoxy) is 1. The van der Waals surface area contributed by atoms with E-state index in [9.17, 15) is 9.59 Å². The Morgan fingerprint density at radius 3 is 2.14 bits per heavy atom. The summed E-state index contributed by atoms with van der Waals surface area (Å²) in [6.07, 6.45) is 10.7. The molecule has 0 aromatic heterocycles. The highest BCUT2D eigenvalue weighted by Gasteiger charge is 2.09. The summed E-state index contributed by atoms with van der Waals surface area (Å²) in [6, 6.07) is 0. The molecule has 0 aromatic rings. The van der Waals surface area contributed by atoms with Crippen LogP contribution in [0.5, 0.6) is 0 Å². The van der Waals surface area contributed by atoms with Gasteiger partial charge in [-0.2, -0.15) is 0 Å². The summed E-state index contributed by atoms with van der Waals surface area (Å²) >= 11 is 0. The zero-order chi connectivity index (χ0) is 15.9. The van der Waals surface area contributed by atoms with Crippen molar-refractivity contribution >= 4 is 12.0 Å². The molecule has 0 atom stereocenters. The van der Waals surface area contributed by atoms with Crippen LogP contribution in [0.3, 0.4) is 0 Å². The lowest BCUT2D eigenvalue weighted by Crippen LogP contribution is -2.22. The Morgan fingerprint density at radius 1 is 1.14 bits per heavy atom. The minimum Gasteiger partial charge on any atom is -0.453 e. The first-order valence-electron chi connectivity index (χ1n) is 6.66. The summed E-state index contributed by atoms with van der Waals surface area (Å²) in [5.41, 5.74) is 11.3. The number of methoxy groups -OCH3 is 1. The lowest BCUT2D eigenvalue weighted by atomic mass is 9.92. The normalized spacial score (nSPS) is 13.1. The van der Waals surface area contributed by atoms with Gasteiger partial charge in [0.1, 0.15) is 0 Å². The fourth-order valence-corrected chi connectivity index (χ4v) is 1.27. The molecule has 0 saturated heterocycles. The van der Waals surface area contributed by atoms with E-state index in [1.165, 1.54) is 31.5 Å². The highest BCUT2D eigenvalue weighted by Crippen LogP contribution is 2.24. The molecule has 2 amide bonds. The summed E-state index contributed by atoms with van der Waals surface area (Å²) in [5, 5.41) is 5.11. The van der Waals surface area contributed by atoms with Gasteiger partial charge in [0.25, 0.3) is 0 Å². The van der Waals surface area contributed by atoms with Crippen molar-refractivity contribution in [3.63, 3.8) is 0 Å². The topological polar surface area (TPSA) is 119 Å². The van der Waals surface area contributed by atoms with Crippen molar-refractivity contribution in [1.29, 1.82) is 0 Å². The van der Waals surface area contributed by atoms with E-state index in [4.69, 9.17) is 11.5 Å². The molecule has 0 radical (unpaired) electrons. The number of carbonyl (C=O) groups is 2. The molecule has 1 rings (SSSR count). The van der Waals surface area contributed by atoms with Gasteiger partial charge in [-0.1, -0.05) is 5.57 Å². The Hall–Kier alpha value is -2.44. The smallest absolute Gasteiger partial charge is 0.407 e. The standard InChI is InChI=1S/C9H14N2O.C5H10N2O2/c10-5-2-6-11-9(12)7-8-3-1-4-8;1-9-5(8)7-4-2-3-6/h2,5,7H,1,3-4,6,10H2,(H,11,12);2-3H,4,6H2,1H3,(H,7,8)/b5-2+;3-2+. The number of allylic oxidation sites excluding steroid dienone is 1. The Bertz CT molecular complexity index is 397. The fraction of sp³-hybridized carbons (Fsp3) is 0.429. The molecule has 21 heavy (non-hydrogen) atoms. The maximum atomic E-state index is 11.1. The van der Waals surface area contributed by atoms with Gasteiger partial charge in [0.2, 0.25) is 5.91 Å². The molecule has 1 aliphatic carbocycles. The first-order chi connectivity index (χ1) is 10.1. The summed E-state index contributed by atoms with van der Waals surface area (Å²) < 4.78 is 4.27. The summed E-state index contributed by atoms with van der Waals surface area (Å²) in [6.45, 7) is 0.919. The minimum absolute atomic E-state index is 0.0113. The van der Waals surface area contributed by atoms with E-state index < -0.39 is 6.09 Å². The number of carbonyl (C=O) groups excluding carboxylic acids is 2. The van der Waals surface area contributed by atoms with Crippen LogP contribution in [0.4, 0.5) is 4.79 Å². The van der Waals surface area contributed by atoms with Crippen molar-refractivity contribution in [1.82, 2.24) is 10.6 Å². The molecular formula is C14H24N4O3. The van der Waals surface area contributed by atoms with Gasteiger partial charge >= 0.3 is 6.09 Å². The average Bonchev–Trinajstić information content (AvgIpc) is 2.44. The van der Waals surface area contributed by atoms with Gasteiger partial charge in [-0.25, -0.2) is 4.79 Å². The predicted molar refractivity (Wildman–Crippen MR) is 82.0 cm³/mol. The monoisotopic (exact) mass is 296 g/mol. The van der Waals surface area contributed by atoms with Gasteiger partial charge in [0.15, 0.2) is 0 Å². The van der Waals surface area contributed by atoms with Gasteiger partial charge in [0, 0.05) is 19.2 Å². The molecule has 0 aliphatic heterocycles. The van der Waals surface area contributed by atoms with Gasteiger partial charge in [-0.05, 0) is 43.8 Å². The van der Waals surface area contributed by atoms with Gasteiger partial charge < -0.3 is 26.8 Å². The van der Waals surface area contributed by atoms with Crippen LogP contribution in [0.2, 0.25) is 0 Å². The van der Waals surface area contributed by atoms with E-state index in [1.807, 2.05) is 0 Å². The lowest BCUT2D eigenvalue weighted by molar-refractivity contribution is -0.116.